The molecule has 0 bridgehead atoms. The molecule has 1 aromatic carbocycles. The normalized spacial score (nSPS) is 21.8. The minimum absolute atomic E-state index is 0.702. The van der Waals surface area contributed by atoms with Crippen LogP contribution in [-0.4, -0.2) is 0 Å². The smallest absolute Gasteiger partial charge is 0.0154 e. The third-order valence-electron chi connectivity index (χ3n) is 3.22. The third kappa shape index (κ3) is 2.76. The number of benzene rings is 1. The minimum Gasteiger partial charge on any atom is -0.107 e. The maximum absolute atomic E-state index is 3.22. The van der Waals surface area contributed by atoms with Crippen molar-refractivity contribution in [2.45, 2.75) is 32.6 Å². The van der Waals surface area contributed by atoms with Gasteiger partial charge in [0, 0.05) is 6.42 Å². The Morgan fingerprint density at radius 1 is 1.31 bits per heavy atom. The van der Waals surface area contributed by atoms with Gasteiger partial charge in [-0.15, -0.1) is 11.8 Å². The lowest BCUT2D eigenvalue weighted by atomic mass is 9.97. The highest BCUT2D eigenvalue weighted by Gasteiger charge is 2.19. The van der Waals surface area contributed by atoms with E-state index in [0.29, 0.717) is 5.92 Å². The molecule has 0 saturated heterocycles. The Hall–Kier alpha value is -1.48. The molecule has 0 heterocycles. The van der Waals surface area contributed by atoms with Gasteiger partial charge < -0.3 is 0 Å². The van der Waals surface area contributed by atoms with Crippen LogP contribution in [0.4, 0.5) is 0 Å². The molecule has 0 aliphatic heterocycles. The largest absolute Gasteiger partial charge is 0.107 e. The standard InChI is InChI=1S/C16H18/c1-2-3-10-15-11-7-12-16(15)13-14-8-5-4-6-9-14/h4-6,8-9,13,15H,7,10-12H2,1H3/b16-13-. The summed E-state index contributed by atoms with van der Waals surface area (Å²) in [7, 11) is 0. The highest BCUT2D eigenvalue weighted by molar-refractivity contribution is 5.53. The maximum atomic E-state index is 3.22. The second-order valence-electron chi connectivity index (χ2n) is 4.35. The van der Waals surface area contributed by atoms with Gasteiger partial charge >= 0.3 is 0 Å². The molecule has 1 atom stereocenters. The quantitative estimate of drug-likeness (QED) is 0.639. The first kappa shape index (κ1) is 11.0. The van der Waals surface area contributed by atoms with Crippen molar-refractivity contribution in [3.63, 3.8) is 0 Å². The van der Waals surface area contributed by atoms with E-state index in [9.17, 15) is 0 Å². The summed E-state index contributed by atoms with van der Waals surface area (Å²) in [5.41, 5.74) is 2.92. The zero-order valence-electron chi connectivity index (χ0n) is 9.87. The fourth-order valence-electron chi connectivity index (χ4n) is 2.35. The Kier molecular flexibility index (Phi) is 3.83. The summed E-state index contributed by atoms with van der Waals surface area (Å²) in [6.45, 7) is 1.93. The highest BCUT2D eigenvalue weighted by atomic mass is 14.2. The van der Waals surface area contributed by atoms with Crippen LogP contribution in [0.1, 0.15) is 38.2 Å². The zero-order valence-corrected chi connectivity index (χ0v) is 9.87. The van der Waals surface area contributed by atoms with E-state index in [-0.39, 0.29) is 0 Å². The number of hydrogen-bond donors (Lipinski definition) is 0. The molecule has 0 N–H and O–H groups in total. The molecule has 2 rings (SSSR count). The van der Waals surface area contributed by atoms with Gasteiger partial charge in [0.1, 0.15) is 0 Å². The van der Waals surface area contributed by atoms with Crippen LogP contribution in [0.15, 0.2) is 35.9 Å². The lowest BCUT2D eigenvalue weighted by Gasteiger charge is -2.07. The van der Waals surface area contributed by atoms with Crippen molar-refractivity contribution >= 4 is 6.08 Å². The molecular formula is C16H18. The Balaban J connectivity index is 2.12. The molecule has 1 aliphatic carbocycles. The Bertz CT molecular complexity index is 414. The van der Waals surface area contributed by atoms with Crippen molar-refractivity contribution < 1.29 is 0 Å². The Labute approximate surface area is 98.4 Å². The van der Waals surface area contributed by atoms with E-state index in [2.05, 4.69) is 48.2 Å². The van der Waals surface area contributed by atoms with E-state index >= 15 is 0 Å². The van der Waals surface area contributed by atoms with Gasteiger partial charge in [0.2, 0.25) is 0 Å². The van der Waals surface area contributed by atoms with Gasteiger partial charge in [-0.2, -0.15) is 0 Å². The van der Waals surface area contributed by atoms with Crippen molar-refractivity contribution in [2.75, 3.05) is 0 Å². The van der Waals surface area contributed by atoms with Gasteiger partial charge in [0.15, 0.2) is 0 Å². The lowest BCUT2D eigenvalue weighted by molar-refractivity contribution is 0.650. The lowest BCUT2D eigenvalue weighted by Crippen LogP contribution is -1.94. The minimum atomic E-state index is 0.702. The van der Waals surface area contributed by atoms with Gasteiger partial charge in [-0.05, 0) is 37.7 Å². The Morgan fingerprint density at radius 2 is 2.12 bits per heavy atom. The zero-order chi connectivity index (χ0) is 11.2. The monoisotopic (exact) mass is 210 g/mol. The van der Waals surface area contributed by atoms with E-state index in [0.717, 1.165) is 6.42 Å². The molecular weight excluding hydrogens is 192 g/mol. The van der Waals surface area contributed by atoms with Crippen LogP contribution in [0.2, 0.25) is 0 Å². The second kappa shape index (κ2) is 5.56. The van der Waals surface area contributed by atoms with Crippen molar-refractivity contribution in [1.82, 2.24) is 0 Å². The molecule has 0 heteroatoms. The van der Waals surface area contributed by atoms with Gasteiger partial charge in [-0.25, -0.2) is 0 Å². The summed E-state index contributed by atoms with van der Waals surface area (Å²) >= 11 is 0. The van der Waals surface area contributed by atoms with E-state index in [4.69, 9.17) is 0 Å². The second-order valence-corrected chi connectivity index (χ2v) is 4.35. The molecule has 0 radical (unpaired) electrons. The van der Waals surface area contributed by atoms with E-state index in [1.165, 1.54) is 24.8 Å². The molecule has 1 saturated carbocycles. The van der Waals surface area contributed by atoms with Crippen molar-refractivity contribution in [2.24, 2.45) is 5.92 Å². The van der Waals surface area contributed by atoms with Gasteiger partial charge in [-0.1, -0.05) is 42.0 Å². The van der Waals surface area contributed by atoms with E-state index in [1.54, 1.807) is 5.57 Å². The number of rotatable bonds is 2. The van der Waals surface area contributed by atoms with Gasteiger partial charge in [0.25, 0.3) is 0 Å². The van der Waals surface area contributed by atoms with Gasteiger partial charge in [0.05, 0.1) is 0 Å². The van der Waals surface area contributed by atoms with E-state index in [1.807, 2.05) is 6.92 Å². The molecule has 0 nitrogen and oxygen atoms in total. The summed E-state index contributed by atoms with van der Waals surface area (Å²) < 4.78 is 0. The fraction of sp³-hybridized carbons (Fsp3) is 0.375. The number of hydrogen-bond acceptors (Lipinski definition) is 0. The van der Waals surface area contributed by atoms with Crippen LogP contribution in [0.25, 0.3) is 6.08 Å². The van der Waals surface area contributed by atoms with E-state index < -0.39 is 0 Å². The first-order valence-corrected chi connectivity index (χ1v) is 6.05. The van der Waals surface area contributed by atoms with Crippen LogP contribution in [0, 0.1) is 17.8 Å². The topological polar surface area (TPSA) is 0 Å². The SMILES string of the molecule is CC#CCC1CCC/C1=C/c1ccccc1. The Morgan fingerprint density at radius 3 is 2.88 bits per heavy atom. The molecule has 1 aromatic rings. The predicted octanol–water partition coefficient (Wildman–Crippen LogP) is 4.28. The molecule has 1 unspecified atom stereocenters. The van der Waals surface area contributed by atoms with Crippen molar-refractivity contribution in [1.29, 1.82) is 0 Å². The molecule has 16 heavy (non-hydrogen) atoms. The molecule has 0 spiro atoms. The fourth-order valence-corrected chi connectivity index (χ4v) is 2.35. The maximum Gasteiger partial charge on any atom is 0.0154 e. The summed E-state index contributed by atoms with van der Waals surface area (Å²) in [6.07, 6.45) is 7.29. The average molecular weight is 210 g/mol. The molecule has 1 fully saturated rings. The summed E-state index contributed by atoms with van der Waals surface area (Å²) in [5.74, 6) is 6.92. The van der Waals surface area contributed by atoms with Crippen LogP contribution < -0.4 is 0 Å². The molecule has 0 amide bonds. The van der Waals surface area contributed by atoms with Crippen LogP contribution >= 0.6 is 0 Å². The predicted molar refractivity (Wildman–Crippen MR) is 69.8 cm³/mol. The third-order valence-corrected chi connectivity index (χ3v) is 3.22. The first-order valence-electron chi connectivity index (χ1n) is 6.05. The van der Waals surface area contributed by atoms with Crippen LogP contribution in [0.5, 0.6) is 0 Å². The molecule has 1 aliphatic rings. The van der Waals surface area contributed by atoms with Crippen molar-refractivity contribution in [3.05, 3.63) is 41.5 Å². The molecule has 0 aromatic heterocycles. The number of allylic oxidation sites excluding steroid dienone is 1. The summed E-state index contributed by atoms with van der Waals surface area (Å²) in [5, 5.41) is 0. The van der Waals surface area contributed by atoms with Crippen LogP contribution in [-0.2, 0) is 0 Å². The molecule has 82 valence electrons. The van der Waals surface area contributed by atoms with Crippen LogP contribution in [0.3, 0.4) is 0 Å². The highest BCUT2D eigenvalue weighted by Crippen LogP contribution is 2.34. The first-order chi connectivity index (χ1) is 7.90. The summed E-state index contributed by atoms with van der Waals surface area (Å²) in [6, 6.07) is 10.6. The average Bonchev–Trinajstić information content (AvgIpc) is 2.75. The van der Waals surface area contributed by atoms with Gasteiger partial charge in [-0.3, -0.25) is 0 Å². The van der Waals surface area contributed by atoms with Crippen molar-refractivity contribution in [3.8, 4) is 11.8 Å². The summed E-state index contributed by atoms with van der Waals surface area (Å²) in [4.78, 5) is 0.